The third kappa shape index (κ3) is 2.74. The van der Waals surface area contributed by atoms with E-state index in [1.54, 1.807) is 25.8 Å². The molecule has 4 rings (SSSR count). The highest BCUT2D eigenvalue weighted by molar-refractivity contribution is 6.02. The first-order valence-corrected chi connectivity index (χ1v) is 7.68. The highest BCUT2D eigenvalue weighted by Gasteiger charge is 2.12. The quantitative estimate of drug-likeness (QED) is 0.546. The predicted molar refractivity (Wildman–Crippen MR) is 95.7 cm³/mol. The van der Waals surface area contributed by atoms with E-state index in [1.165, 1.54) is 0 Å². The van der Waals surface area contributed by atoms with Crippen molar-refractivity contribution in [3.8, 4) is 23.0 Å². The summed E-state index contributed by atoms with van der Waals surface area (Å²) < 4.78 is 10.7. The Kier molecular flexibility index (Phi) is 3.70. The molecule has 0 amide bonds. The van der Waals surface area contributed by atoms with Crippen LogP contribution in [0.25, 0.3) is 22.4 Å². The van der Waals surface area contributed by atoms with Gasteiger partial charge in [-0.15, -0.1) is 0 Å². The number of aromatic nitrogens is 2. The van der Waals surface area contributed by atoms with E-state index < -0.39 is 0 Å². The third-order valence-corrected chi connectivity index (χ3v) is 3.89. The number of benzene rings is 1. The molecule has 0 aliphatic rings. The number of pyridine rings is 1. The summed E-state index contributed by atoms with van der Waals surface area (Å²) in [5, 5.41) is 11.0. The normalized spacial score (nSPS) is 11.4. The van der Waals surface area contributed by atoms with Crippen LogP contribution in [-0.4, -0.2) is 28.4 Å². The van der Waals surface area contributed by atoms with Crippen LogP contribution in [0.2, 0.25) is 0 Å². The van der Waals surface area contributed by atoms with Gasteiger partial charge in [0.1, 0.15) is 22.8 Å². The van der Waals surface area contributed by atoms with E-state index in [2.05, 4.69) is 15.0 Å². The van der Waals surface area contributed by atoms with Gasteiger partial charge in [0.2, 0.25) is 0 Å². The zero-order chi connectivity index (χ0) is 17.2. The number of ether oxygens (including phenoxy) is 1. The van der Waals surface area contributed by atoms with Gasteiger partial charge in [0, 0.05) is 23.4 Å². The molecular weight excluding hydrogens is 318 g/mol. The van der Waals surface area contributed by atoms with Gasteiger partial charge in [0.25, 0.3) is 0 Å². The van der Waals surface area contributed by atoms with Crippen molar-refractivity contribution >= 4 is 22.9 Å². The number of methoxy groups -OCH3 is 1. The molecule has 0 fully saturated rings. The number of aromatic hydroxyl groups is 1. The van der Waals surface area contributed by atoms with E-state index in [1.807, 2.05) is 42.5 Å². The molecule has 4 aromatic rings. The van der Waals surface area contributed by atoms with E-state index in [4.69, 9.17) is 9.15 Å². The van der Waals surface area contributed by atoms with E-state index in [-0.39, 0.29) is 5.88 Å². The molecule has 3 aromatic heterocycles. The number of fused-ring (bicyclic) bond motifs is 1. The van der Waals surface area contributed by atoms with Gasteiger partial charge in [-0.2, -0.15) is 0 Å². The van der Waals surface area contributed by atoms with Gasteiger partial charge in [-0.1, -0.05) is 12.1 Å². The summed E-state index contributed by atoms with van der Waals surface area (Å²) in [6, 6.07) is 13.0. The van der Waals surface area contributed by atoms with Crippen molar-refractivity contribution in [2.45, 2.75) is 0 Å². The molecule has 3 heterocycles. The van der Waals surface area contributed by atoms with E-state index in [9.17, 15) is 5.11 Å². The van der Waals surface area contributed by atoms with E-state index >= 15 is 0 Å². The van der Waals surface area contributed by atoms with E-state index in [0.29, 0.717) is 28.4 Å². The van der Waals surface area contributed by atoms with Crippen LogP contribution in [0.15, 0.2) is 64.3 Å². The monoisotopic (exact) mass is 333 g/mol. The second-order valence-corrected chi connectivity index (χ2v) is 5.41. The number of para-hydroxylation sites is 2. The summed E-state index contributed by atoms with van der Waals surface area (Å²) in [6.07, 6.45) is 4.90. The first kappa shape index (κ1) is 15.0. The number of hydrogen-bond acceptors (Lipinski definition) is 5. The lowest BCUT2D eigenvalue weighted by atomic mass is 10.1. The van der Waals surface area contributed by atoms with Gasteiger partial charge < -0.3 is 19.2 Å². The van der Waals surface area contributed by atoms with Crippen molar-refractivity contribution < 1.29 is 14.3 Å². The predicted octanol–water partition coefficient (Wildman–Crippen LogP) is 4.29. The fraction of sp³-hybridized carbons (Fsp3) is 0.0526. The summed E-state index contributed by atoms with van der Waals surface area (Å²) in [5.41, 5.74) is 2.63. The average Bonchev–Trinajstić information content (AvgIpc) is 3.27. The molecule has 0 aliphatic carbocycles. The first-order chi connectivity index (χ1) is 12.3. The Balaban J connectivity index is 1.79. The number of hydrogen-bond donors (Lipinski definition) is 2. The first-order valence-electron chi connectivity index (χ1n) is 7.68. The van der Waals surface area contributed by atoms with Crippen LogP contribution in [0.1, 0.15) is 5.56 Å². The summed E-state index contributed by atoms with van der Waals surface area (Å²) in [7, 11) is 1.59. The highest BCUT2D eigenvalue weighted by Crippen LogP contribution is 2.31. The van der Waals surface area contributed by atoms with Crippen molar-refractivity contribution in [1.82, 2.24) is 9.97 Å². The molecule has 0 atom stereocenters. The molecule has 0 spiro atoms. The van der Waals surface area contributed by atoms with E-state index in [0.717, 1.165) is 10.9 Å². The van der Waals surface area contributed by atoms with Gasteiger partial charge >= 0.3 is 0 Å². The fourth-order valence-electron chi connectivity index (χ4n) is 2.66. The van der Waals surface area contributed by atoms with Crippen molar-refractivity contribution in [1.29, 1.82) is 0 Å². The number of nitrogens with zero attached hydrogens (tertiary/aromatic N) is 2. The van der Waals surface area contributed by atoms with Crippen molar-refractivity contribution in [3.63, 3.8) is 0 Å². The maximum Gasteiger partial charge on any atom is 0.199 e. The molecule has 0 aliphatic heterocycles. The third-order valence-electron chi connectivity index (χ3n) is 3.89. The average molecular weight is 333 g/mol. The van der Waals surface area contributed by atoms with Crippen LogP contribution in [0.5, 0.6) is 11.6 Å². The Morgan fingerprint density at radius 2 is 2.12 bits per heavy atom. The number of rotatable bonds is 4. The smallest absolute Gasteiger partial charge is 0.199 e. The molecule has 124 valence electrons. The lowest BCUT2D eigenvalue weighted by Crippen LogP contribution is -1.85. The molecule has 6 heteroatoms. The number of aromatic amines is 1. The summed E-state index contributed by atoms with van der Waals surface area (Å²) >= 11 is 0. The fourth-order valence-corrected chi connectivity index (χ4v) is 2.66. The molecule has 1 aromatic carbocycles. The number of H-pyrrole nitrogens is 1. The van der Waals surface area contributed by atoms with Crippen LogP contribution >= 0.6 is 0 Å². The second-order valence-electron chi connectivity index (χ2n) is 5.41. The van der Waals surface area contributed by atoms with Crippen molar-refractivity contribution in [2.24, 2.45) is 4.99 Å². The molecule has 6 nitrogen and oxygen atoms in total. The Morgan fingerprint density at radius 3 is 2.92 bits per heavy atom. The van der Waals surface area contributed by atoms with Crippen molar-refractivity contribution in [3.05, 3.63) is 60.5 Å². The van der Waals surface area contributed by atoms with Crippen LogP contribution in [0.3, 0.4) is 0 Å². The molecule has 2 N–H and O–H groups in total. The lowest BCUT2D eigenvalue weighted by Gasteiger charge is -2.02. The lowest BCUT2D eigenvalue weighted by molar-refractivity contribution is 0.416. The Labute approximate surface area is 143 Å². The summed E-state index contributed by atoms with van der Waals surface area (Å²) in [4.78, 5) is 11.6. The van der Waals surface area contributed by atoms with Crippen molar-refractivity contribution in [2.75, 3.05) is 7.11 Å². The standard InChI is InChI=1S/C19H15N3O3/c1-24-17-6-3-2-5-15(17)20-11-14-13-9-12(16-7-4-8-25-16)10-21-18(13)22-19(14)23/h2-11,23H,1H3,(H,21,22). The van der Waals surface area contributed by atoms with Gasteiger partial charge in [0.15, 0.2) is 5.88 Å². The Hall–Kier alpha value is -3.54. The molecule has 0 saturated heterocycles. The zero-order valence-corrected chi connectivity index (χ0v) is 13.4. The van der Waals surface area contributed by atoms with Crippen LogP contribution in [0, 0.1) is 0 Å². The molecular formula is C19H15N3O3. The maximum absolute atomic E-state index is 10.2. The minimum Gasteiger partial charge on any atom is -0.494 e. The largest absolute Gasteiger partial charge is 0.494 e. The SMILES string of the molecule is COc1ccccc1N=Cc1c(O)[nH]c2ncc(-c3ccco3)cc12. The van der Waals surface area contributed by atoms with Gasteiger partial charge in [-0.25, -0.2) is 4.98 Å². The Morgan fingerprint density at radius 1 is 1.24 bits per heavy atom. The Bertz CT molecular complexity index is 1050. The molecule has 0 saturated carbocycles. The van der Waals surface area contributed by atoms with Gasteiger partial charge in [-0.3, -0.25) is 4.99 Å². The topological polar surface area (TPSA) is 83.6 Å². The molecule has 0 radical (unpaired) electrons. The van der Waals surface area contributed by atoms with Crippen LogP contribution in [0.4, 0.5) is 5.69 Å². The number of furan rings is 1. The number of nitrogens with one attached hydrogen (secondary N) is 1. The molecule has 25 heavy (non-hydrogen) atoms. The van der Waals surface area contributed by atoms with Crippen LogP contribution < -0.4 is 4.74 Å². The highest BCUT2D eigenvalue weighted by atomic mass is 16.5. The molecule has 0 unspecified atom stereocenters. The maximum atomic E-state index is 10.2. The van der Waals surface area contributed by atoms with Crippen LogP contribution in [-0.2, 0) is 0 Å². The van der Waals surface area contributed by atoms with Gasteiger partial charge in [0.05, 0.1) is 18.9 Å². The van der Waals surface area contributed by atoms with Gasteiger partial charge in [-0.05, 0) is 30.3 Å². The molecule has 0 bridgehead atoms. The second kappa shape index (κ2) is 6.16. The minimum absolute atomic E-state index is 0.0118. The number of aliphatic imine (C=N–C) groups is 1. The zero-order valence-electron chi connectivity index (χ0n) is 13.4. The summed E-state index contributed by atoms with van der Waals surface area (Å²) in [6.45, 7) is 0. The summed E-state index contributed by atoms with van der Waals surface area (Å²) in [5.74, 6) is 1.38. The minimum atomic E-state index is 0.0118.